The van der Waals surface area contributed by atoms with E-state index >= 15 is 0 Å². The quantitative estimate of drug-likeness (QED) is 0.720. The summed E-state index contributed by atoms with van der Waals surface area (Å²) in [7, 11) is 0. The van der Waals surface area contributed by atoms with Crippen LogP contribution in [-0.4, -0.2) is 18.0 Å². The van der Waals surface area contributed by atoms with Crippen molar-refractivity contribution in [2.75, 3.05) is 0 Å². The maximum atomic E-state index is 11.8. The Hall–Kier alpha value is -0.580. The molecule has 0 aliphatic rings. The SMILES string of the molecule is CCC(C)C(N)C(=O)C(F)(F)F. The van der Waals surface area contributed by atoms with E-state index in [9.17, 15) is 18.0 Å². The fourth-order valence-electron chi connectivity index (χ4n) is 0.701. The molecule has 5 heteroatoms. The highest BCUT2D eigenvalue weighted by Gasteiger charge is 2.43. The maximum absolute atomic E-state index is 11.8. The molecule has 0 spiro atoms. The van der Waals surface area contributed by atoms with E-state index in [1.54, 1.807) is 6.92 Å². The van der Waals surface area contributed by atoms with E-state index in [0.29, 0.717) is 6.42 Å². The van der Waals surface area contributed by atoms with Crippen LogP contribution in [0.15, 0.2) is 0 Å². The van der Waals surface area contributed by atoms with Gasteiger partial charge in [-0.05, 0) is 5.92 Å². The van der Waals surface area contributed by atoms with Gasteiger partial charge in [-0.1, -0.05) is 20.3 Å². The van der Waals surface area contributed by atoms with Crippen molar-refractivity contribution in [1.82, 2.24) is 0 Å². The van der Waals surface area contributed by atoms with E-state index in [2.05, 4.69) is 0 Å². The number of halogens is 3. The first-order chi connectivity index (χ1) is 5.30. The third-order valence-electron chi connectivity index (χ3n) is 1.84. The van der Waals surface area contributed by atoms with Crippen LogP contribution in [0.5, 0.6) is 0 Å². The van der Waals surface area contributed by atoms with Crippen molar-refractivity contribution >= 4 is 5.78 Å². The molecule has 0 saturated carbocycles. The molecule has 0 aromatic rings. The summed E-state index contributed by atoms with van der Waals surface area (Å²) < 4.78 is 35.3. The predicted molar refractivity (Wildman–Crippen MR) is 38.5 cm³/mol. The second kappa shape index (κ2) is 3.89. The minimum Gasteiger partial charge on any atom is -0.321 e. The van der Waals surface area contributed by atoms with Gasteiger partial charge in [0.1, 0.15) is 0 Å². The number of carbonyl (C=O) groups is 1. The summed E-state index contributed by atoms with van der Waals surface area (Å²) in [6.07, 6.45) is -4.34. The number of carbonyl (C=O) groups excluding carboxylic acids is 1. The Labute approximate surface area is 68.9 Å². The zero-order valence-electron chi connectivity index (χ0n) is 6.98. The molecule has 0 fully saturated rings. The van der Waals surface area contributed by atoms with E-state index in [1.165, 1.54) is 6.92 Å². The lowest BCUT2D eigenvalue weighted by atomic mass is 9.96. The Bertz CT molecular complexity index is 167. The highest BCUT2D eigenvalue weighted by Crippen LogP contribution is 2.20. The van der Waals surface area contributed by atoms with Crippen molar-refractivity contribution in [2.24, 2.45) is 11.7 Å². The summed E-state index contributed by atoms with van der Waals surface area (Å²) in [5.41, 5.74) is 5.09. The van der Waals surface area contributed by atoms with Crippen LogP contribution in [-0.2, 0) is 4.79 Å². The topological polar surface area (TPSA) is 43.1 Å². The molecule has 0 aliphatic carbocycles. The zero-order valence-corrected chi connectivity index (χ0v) is 6.98. The van der Waals surface area contributed by atoms with Gasteiger partial charge < -0.3 is 5.73 Å². The van der Waals surface area contributed by atoms with E-state index in [-0.39, 0.29) is 0 Å². The molecule has 2 nitrogen and oxygen atoms in total. The van der Waals surface area contributed by atoms with E-state index < -0.39 is 23.9 Å². The molecule has 0 amide bonds. The average molecular weight is 183 g/mol. The van der Waals surface area contributed by atoms with Gasteiger partial charge in [-0.25, -0.2) is 0 Å². The largest absolute Gasteiger partial charge is 0.451 e. The van der Waals surface area contributed by atoms with E-state index in [0.717, 1.165) is 0 Å². The lowest BCUT2D eigenvalue weighted by molar-refractivity contribution is -0.173. The van der Waals surface area contributed by atoms with Crippen molar-refractivity contribution in [2.45, 2.75) is 32.5 Å². The predicted octanol–water partition coefficient (Wildman–Crippen LogP) is 1.49. The summed E-state index contributed by atoms with van der Waals surface area (Å²) >= 11 is 0. The smallest absolute Gasteiger partial charge is 0.321 e. The van der Waals surface area contributed by atoms with Gasteiger partial charge in [-0.2, -0.15) is 13.2 Å². The van der Waals surface area contributed by atoms with E-state index in [1.807, 2.05) is 0 Å². The average Bonchev–Trinajstić information content (AvgIpc) is 1.98. The van der Waals surface area contributed by atoms with Crippen LogP contribution >= 0.6 is 0 Å². The number of ketones is 1. The van der Waals surface area contributed by atoms with Crippen molar-refractivity contribution in [3.8, 4) is 0 Å². The van der Waals surface area contributed by atoms with Gasteiger partial charge in [0.25, 0.3) is 5.78 Å². The van der Waals surface area contributed by atoms with Gasteiger partial charge in [0.15, 0.2) is 0 Å². The molecule has 2 unspecified atom stereocenters. The summed E-state index contributed by atoms with van der Waals surface area (Å²) in [5, 5.41) is 0. The highest BCUT2D eigenvalue weighted by molar-refractivity contribution is 5.89. The van der Waals surface area contributed by atoms with Gasteiger partial charge in [-0.15, -0.1) is 0 Å². The van der Waals surface area contributed by atoms with Crippen molar-refractivity contribution in [3.05, 3.63) is 0 Å². The molecule has 0 saturated heterocycles. The second-order valence-electron chi connectivity index (χ2n) is 2.77. The standard InChI is InChI=1S/C7H12F3NO/c1-3-4(2)5(11)6(12)7(8,9)10/h4-5H,3,11H2,1-2H3. The molecule has 0 aromatic heterocycles. The second-order valence-corrected chi connectivity index (χ2v) is 2.77. The zero-order chi connectivity index (χ0) is 9.94. The number of nitrogens with two attached hydrogens (primary N) is 1. The van der Waals surface area contributed by atoms with Gasteiger partial charge >= 0.3 is 6.18 Å². The first-order valence-corrected chi connectivity index (χ1v) is 3.67. The lowest BCUT2D eigenvalue weighted by Crippen LogP contribution is -2.44. The fraction of sp³-hybridized carbons (Fsp3) is 0.857. The van der Waals surface area contributed by atoms with Gasteiger partial charge in [0.2, 0.25) is 0 Å². The first kappa shape index (κ1) is 11.4. The van der Waals surface area contributed by atoms with Crippen LogP contribution in [0, 0.1) is 5.92 Å². The normalized spacial score (nSPS) is 17.2. The van der Waals surface area contributed by atoms with Crippen LogP contribution in [0.3, 0.4) is 0 Å². The van der Waals surface area contributed by atoms with Crippen LogP contribution in [0.4, 0.5) is 13.2 Å². The molecule has 0 radical (unpaired) electrons. The molecular weight excluding hydrogens is 171 g/mol. The molecule has 12 heavy (non-hydrogen) atoms. The van der Waals surface area contributed by atoms with Crippen molar-refractivity contribution in [3.63, 3.8) is 0 Å². The molecule has 0 bridgehead atoms. The van der Waals surface area contributed by atoms with Crippen LogP contribution in [0.2, 0.25) is 0 Å². The van der Waals surface area contributed by atoms with Gasteiger partial charge in [-0.3, -0.25) is 4.79 Å². The number of Topliss-reactive ketones (excluding diaryl/α,β-unsaturated/α-hetero) is 1. The Morgan fingerprint density at radius 1 is 1.50 bits per heavy atom. The molecule has 0 rings (SSSR count). The molecule has 2 N–H and O–H groups in total. The Morgan fingerprint density at radius 2 is 1.92 bits per heavy atom. The van der Waals surface area contributed by atoms with Crippen molar-refractivity contribution in [1.29, 1.82) is 0 Å². The van der Waals surface area contributed by atoms with Crippen LogP contribution in [0.25, 0.3) is 0 Å². The third kappa shape index (κ3) is 2.81. The summed E-state index contributed by atoms with van der Waals surface area (Å²) in [6, 6.07) is -1.42. The fourth-order valence-corrected chi connectivity index (χ4v) is 0.701. The molecule has 0 heterocycles. The summed E-state index contributed by atoms with van der Waals surface area (Å²) in [4.78, 5) is 10.5. The van der Waals surface area contributed by atoms with E-state index in [4.69, 9.17) is 5.73 Å². The molecule has 2 atom stereocenters. The number of alkyl halides is 3. The monoisotopic (exact) mass is 183 g/mol. The number of hydrogen-bond donors (Lipinski definition) is 1. The number of hydrogen-bond acceptors (Lipinski definition) is 2. The lowest BCUT2D eigenvalue weighted by Gasteiger charge is -2.17. The summed E-state index contributed by atoms with van der Waals surface area (Å²) in [5.74, 6) is -2.27. The van der Waals surface area contributed by atoms with Crippen molar-refractivity contribution < 1.29 is 18.0 Å². The van der Waals surface area contributed by atoms with Crippen LogP contribution < -0.4 is 5.73 Å². The molecule has 72 valence electrons. The number of rotatable bonds is 3. The third-order valence-corrected chi connectivity index (χ3v) is 1.84. The Morgan fingerprint density at radius 3 is 2.17 bits per heavy atom. The Balaban J connectivity index is 4.30. The highest BCUT2D eigenvalue weighted by atomic mass is 19.4. The Kier molecular flexibility index (Phi) is 3.70. The summed E-state index contributed by atoms with van der Waals surface area (Å²) in [6.45, 7) is 3.21. The minimum absolute atomic E-state index is 0.431. The van der Waals surface area contributed by atoms with Gasteiger partial charge in [0, 0.05) is 0 Å². The minimum atomic E-state index is -4.80. The van der Waals surface area contributed by atoms with Crippen LogP contribution in [0.1, 0.15) is 20.3 Å². The molecule has 0 aliphatic heterocycles. The first-order valence-electron chi connectivity index (χ1n) is 3.67. The molecular formula is C7H12F3NO. The van der Waals surface area contributed by atoms with Gasteiger partial charge in [0.05, 0.1) is 6.04 Å². The maximum Gasteiger partial charge on any atom is 0.451 e. The molecule has 0 aromatic carbocycles.